The third-order valence-corrected chi connectivity index (χ3v) is 3.18. The average molecular weight is 299 g/mol. The highest BCUT2D eigenvalue weighted by molar-refractivity contribution is 5.85. The lowest BCUT2D eigenvalue weighted by Crippen LogP contribution is -2.34. The predicted octanol–water partition coefficient (Wildman–Crippen LogP) is 2.18. The fourth-order valence-corrected chi connectivity index (χ4v) is 2.11. The van der Waals surface area contributed by atoms with E-state index in [0.29, 0.717) is 11.3 Å². The zero-order valence-electron chi connectivity index (χ0n) is 12.2. The van der Waals surface area contributed by atoms with Crippen molar-refractivity contribution in [3.05, 3.63) is 65.7 Å². The molecule has 114 valence electrons. The fourth-order valence-electron chi connectivity index (χ4n) is 2.11. The summed E-state index contributed by atoms with van der Waals surface area (Å²) in [5.41, 5.74) is 1.29. The van der Waals surface area contributed by atoms with Crippen LogP contribution in [-0.4, -0.2) is 24.1 Å². The maximum Gasteiger partial charge on any atom is 0.330 e. The van der Waals surface area contributed by atoms with E-state index in [0.717, 1.165) is 5.56 Å². The zero-order chi connectivity index (χ0) is 15.9. The highest BCUT2D eigenvalue weighted by Gasteiger charge is 2.21. The van der Waals surface area contributed by atoms with E-state index in [2.05, 4.69) is 5.32 Å². The Balaban J connectivity index is 2.07. The highest BCUT2D eigenvalue weighted by Crippen LogP contribution is 2.15. The van der Waals surface area contributed by atoms with Crippen LogP contribution in [0.15, 0.2) is 54.6 Å². The number of aliphatic carboxylic acids is 1. The van der Waals surface area contributed by atoms with E-state index in [4.69, 9.17) is 4.74 Å². The normalized spacial score (nSPS) is 11.5. The number of carbonyl (C=O) groups excluding carboxylic acids is 1. The van der Waals surface area contributed by atoms with Gasteiger partial charge in [0, 0.05) is 0 Å². The van der Waals surface area contributed by atoms with Crippen LogP contribution in [0.2, 0.25) is 0 Å². The summed E-state index contributed by atoms with van der Waals surface area (Å²) in [6.45, 7) is 0. The highest BCUT2D eigenvalue weighted by atomic mass is 16.5. The number of methoxy groups -OCH3 is 1. The van der Waals surface area contributed by atoms with Gasteiger partial charge >= 0.3 is 5.97 Å². The van der Waals surface area contributed by atoms with Gasteiger partial charge in [-0.2, -0.15) is 0 Å². The lowest BCUT2D eigenvalue weighted by Gasteiger charge is -2.15. The molecule has 2 N–H and O–H groups in total. The van der Waals surface area contributed by atoms with E-state index in [1.54, 1.807) is 61.7 Å². The van der Waals surface area contributed by atoms with Crippen molar-refractivity contribution >= 4 is 11.9 Å². The van der Waals surface area contributed by atoms with Gasteiger partial charge in [-0.05, 0) is 23.3 Å². The molecule has 0 aliphatic carbocycles. The second-order valence-electron chi connectivity index (χ2n) is 4.78. The molecule has 0 aromatic heterocycles. The van der Waals surface area contributed by atoms with Crippen LogP contribution in [0.3, 0.4) is 0 Å². The molecular formula is C17H17NO4. The number of carboxylic acid groups (broad SMARTS) is 1. The molecule has 0 bridgehead atoms. The smallest absolute Gasteiger partial charge is 0.330 e. The van der Waals surface area contributed by atoms with Gasteiger partial charge in [0.2, 0.25) is 5.91 Å². The summed E-state index contributed by atoms with van der Waals surface area (Å²) in [4.78, 5) is 23.4. The largest absolute Gasteiger partial charge is 0.497 e. The number of carboxylic acids is 1. The molecular weight excluding hydrogens is 282 g/mol. The van der Waals surface area contributed by atoms with Crippen molar-refractivity contribution in [1.29, 1.82) is 0 Å². The SMILES string of the molecule is COc1cccc(CC(=O)NC(C(=O)O)c2ccccc2)c1. The Morgan fingerprint density at radius 2 is 1.86 bits per heavy atom. The third-order valence-electron chi connectivity index (χ3n) is 3.18. The Bertz CT molecular complexity index is 655. The number of hydrogen-bond donors (Lipinski definition) is 2. The molecule has 2 aromatic rings. The van der Waals surface area contributed by atoms with Gasteiger partial charge in [-0.15, -0.1) is 0 Å². The van der Waals surface area contributed by atoms with E-state index < -0.39 is 12.0 Å². The molecule has 0 saturated carbocycles. The molecule has 0 spiro atoms. The van der Waals surface area contributed by atoms with Crippen LogP contribution in [0.25, 0.3) is 0 Å². The molecule has 2 rings (SSSR count). The van der Waals surface area contributed by atoms with Crippen LogP contribution in [0, 0.1) is 0 Å². The molecule has 0 fully saturated rings. The number of nitrogens with one attached hydrogen (secondary N) is 1. The number of ether oxygens (including phenoxy) is 1. The molecule has 22 heavy (non-hydrogen) atoms. The topological polar surface area (TPSA) is 75.6 Å². The number of carbonyl (C=O) groups is 2. The first kappa shape index (κ1) is 15.6. The van der Waals surface area contributed by atoms with E-state index in [1.807, 2.05) is 0 Å². The number of hydrogen-bond acceptors (Lipinski definition) is 3. The van der Waals surface area contributed by atoms with E-state index in [9.17, 15) is 14.7 Å². The summed E-state index contributed by atoms with van der Waals surface area (Å²) in [5, 5.41) is 11.8. The van der Waals surface area contributed by atoms with Crippen LogP contribution in [-0.2, 0) is 16.0 Å². The minimum atomic E-state index is -1.09. The molecule has 5 nitrogen and oxygen atoms in total. The lowest BCUT2D eigenvalue weighted by molar-refractivity contribution is -0.141. The van der Waals surface area contributed by atoms with Gasteiger partial charge in [0.05, 0.1) is 13.5 Å². The van der Waals surface area contributed by atoms with E-state index in [1.165, 1.54) is 0 Å². The Morgan fingerprint density at radius 3 is 2.50 bits per heavy atom. The Morgan fingerprint density at radius 1 is 1.14 bits per heavy atom. The first-order valence-electron chi connectivity index (χ1n) is 6.80. The standard InChI is InChI=1S/C17H17NO4/c1-22-14-9-5-6-12(10-14)11-15(19)18-16(17(20)21)13-7-3-2-4-8-13/h2-10,16H,11H2,1H3,(H,18,19)(H,20,21). The first-order chi connectivity index (χ1) is 10.6. The summed E-state index contributed by atoms with van der Waals surface area (Å²) in [7, 11) is 1.55. The summed E-state index contributed by atoms with van der Waals surface area (Å²) in [6.07, 6.45) is 0.0911. The number of amides is 1. The number of benzene rings is 2. The molecule has 0 radical (unpaired) electrons. The summed E-state index contributed by atoms with van der Waals surface area (Å²) in [6, 6.07) is 14.7. The maximum atomic E-state index is 12.1. The summed E-state index contributed by atoms with van der Waals surface area (Å²) < 4.78 is 5.10. The van der Waals surface area contributed by atoms with Crippen molar-refractivity contribution in [3.63, 3.8) is 0 Å². The summed E-state index contributed by atoms with van der Waals surface area (Å²) in [5.74, 6) is -0.794. The van der Waals surface area contributed by atoms with Crippen LogP contribution >= 0.6 is 0 Å². The van der Waals surface area contributed by atoms with Gasteiger partial charge < -0.3 is 15.2 Å². The van der Waals surface area contributed by atoms with Crippen molar-refractivity contribution in [2.24, 2.45) is 0 Å². The number of rotatable bonds is 6. The van der Waals surface area contributed by atoms with E-state index >= 15 is 0 Å². The van der Waals surface area contributed by atoms with Crippen molar-refractivity contribution in [3.8, 4) is 5.75 Å². The molecule has 0 aliphatic heterocycles. The van der Waals surface area contributed by atoms with Crippen LogP contribution in [0.1, 0.15) is 17.2 Å². The Hall–Kier alpha value is -2.82. The van der Waals surface area contributed by atoms with Gasteiger partial charge in [-0.25, -0.2) is 4.79 Å². The Kier molecular flexibility index (Phi) is 5.14. The summed E-state index contributed by atoms with van der Waals surface area (Å²) >= 11 is 0. The van der Waals surface area contributed by atoms with Crippen LogP contribution < -0.4 is 10.1 Å². The van der Waals surface area contributed by atoms with Crippen molar-refractivity contribution in [2.75, 3.05) is 7.11 Å². The second-order valence-corrected chi connectivity index (χ2v) is 4.78. The predicted molar refractivity (Wildman–Crippen MR) is 81.7 cm³/mol. The lowest BCUT2D eigenvalue weighted by atomic mass is 10.1. The molecule has 5 heteroatoms. The molecule has 2 aromatic carbocycles. The third kappa shape index (κ3) is 4.09. The minimum absolute atomic E-state index is 0.0911. The van der Waals surface area contributed by atoms with Gasteiger partial charge in [0.15, 0.2) is 6.04 Å². The first-order valence-corrected chi connectivity index (χ1v) is 6.80. The molecule has 1 atom stereocenters. The van der Waals surface area contributed by atoms with Crippen molar-refractivity contribution < 1.29 is 19.4 Å². The molecule has 0 heterocycles. The van der Waals surface area contributed by atoms with Gasteiger partial charge in [-0.1, -0.05) is 42.5 Å². The second kappa shape index (κ2) is 7.26. The van der Waals surface area contributed by atoms with Gasteiger partial charge in [0.25, 0.3) is 0 Å². The average Bonchev–Trinajstić information content (AvgIpc) is 2.53. The maximum absolute atomic E-state index is 12.1. The minimum Gasteiger partial charge on any atom is -0.497 e. The van der Waals surface area contributed by atoms with Crippen LogP contribution in [0.4, 0.5) is 0 Å². The Labute approximate surface area is 128 Å². The quantitative estimate of drug-likeness (QED) is 0.857. The fraction of sp³-hybridized carbons (Fsp3) is 0.176. The molecule has 1 unspecified atom stereocenters. The van der Waals surface area contributed by atoms with Gasteiger partial charge in [-0.3, -0.25) is 4.79 Å². The van der Waals surface area contributed by atoms with Gasteiger partial charge in [0.1, 0.15) is 5.75 Å². The van der Waals surface area contributed by atoms with Crippen LogP contribution in [0.5, 0.6) is 5.75 Å². The monoisotopic (exact) mass is 299 g/mol. The van der Waals surface area contributed by atoms with Crippen molar-refractivity contribution in [2.45, 2.75) is 12.5 Å². The van der Waals surface area contributed by atoms with Crippen molar-refractivity contribution in [1.82, 2.24) is 5.32 Å². The molecule has 0 saturated heterocycles. The zero-order valence-corrected chi connectivity index (χ0v) is 12.2. The van der Waals surface area contributed by atoms with E-state index in [-0.39, 0.29) is 12.3 Å². The molecule has 1 amide bonds. The molecule has 0 aliphatic rings.